The van der Waals surface area contributed by atoms with Crippen LogP contribution in [0.3, 0.4) is 0 Å². The maximum absolute atomic E-state index is 12.6. The fourth-order valence-electron chi connectivity index (χ4n) is 2.49. The normalized spacial score (nSPS) is 10.6. The zero-order valence-electron chi connectivity index (χ0n) is 14.4. The lowest BCUT2D eigenvalue weighted by Crippen LogP contribution is -2.17. The molecule has 0 aliphatic heterocycles. The zero-order valence-corrected chi connectivity index (χ0v) is 15.9. The predicted molar refractivity (Wildman–Crippen MR) is 107 cm³/mol. The quantitative estimate of drug-likeness (QED) is 0.696. The molecule has 5 nitrogen and oxygen atoms in total. The molecular formula is C19H18Cl2N4O. The molecular weight excluding hydrogens is 371 g/mol. The second kappa shape index (κ2) is 7.81. The monoisotopic (exact) mass is 388 g/mol. The summed E-state index contributed by atoms with van der Waals surface area (Å²) in [7, 11) is 3.86. The third-order valence-corrected chi connectivity index (χ3v) is 4.51. The molecule has 134 valence electrons. The Balaban J connectivity index is 1.78. The van der Waals surface area contributed by atoms with E-state index in [-0.39, 0.29) is 5.91 Å². The number of carbonyl (C=O) groups excluding carboxylic acids is 1. The van der Waals surface area contributed by atoms with Gasteiger partial charge in [-0.3, -0.25) is 4.79 Å². The highest BCUT2D eigenvalue weighted by atomic mass is 35.5. The molecule has 0 spiro atoms. The number of hydrogen-bond acceptors (Lipinski definition) is 3. The van der Waals surface area contributed by atoms with Crippen molar-refractivity contribution in [2.75, 3.05) is 24.3 Å². The van der Waals surface area contributed by atoms with Gasteiger partial charge in [0.25, 0.3) is 5.91 Å². The van der Waals surface area contributed by atoms with Crippen LogP contribution in [-0.4, -0.2) is 29.8 Å². The Bertz CT molecular complexity index is 937. The van der Waals surface area contributed by atoms with Crippen molar-refractivity contribution in [2.45, 2.75) is 6.54 Å². The third kappa shape index (κ3) is 4.18. The molecule has 0 aliphatic carbocycles. The Labute approximate surface area is 162 Å². The van der Waals surface area contributed by atoms with Crippen LogP contribution < -0.4 is 10.2 Å². The molecule has 0 aliphatic rings. The maximum atomic E-state index is 12.6. The lowest BCUT2D eigenvalue weighted by atomic mass is 10.2. The van der Waals surface area contributed by atoms with Gasteiger partial charge in [-0.25, -0.2) is 4.68 Å². The molecule has 0 bridgehead atoms. The number of nitrogens with zero attached hydrogens (tertiary/aromatic N) is 3. The van der Waals surface area contributed by atoms with Crippen molar-refractivity contribution in [3.05, 3.63) is 75.9 Å². The first kappa shape index (κ1) is 18.3. The summed E-state index contributed by atoms with van der Waals surface area (Å²) in [5.41, 5.74) is 2.40. The first-order chi connectivity index (χ1) is 12.4. The largest absolute Gasteiger partial charge is 0.378 e. The van der Waals surface area contributed by atoms with Crippen LogP contribution in [0.2, 0.25) is 10.0 Å². The molecule has 0 unspecified atom stereocenters. The number of aromatic nitrogens is 2. The molecule has 1 N–H and O–H groups in total. The molecule has 0 radical (unpaired) electrons. The molecule has 3 rings (SSSR count). The number of anilines is 2. The predicted octanol–water partition coefficient (Wildman–Crippen LogP) is 4.56. The van der Waals surface area contributed by atoms with E-state index in [1.165, 1.54) is 0 Å². The van der Waals surface area contributed by atoms with Gasteiger partial charge in [0.15, 0.2) is 0 Å². The highest BCUT2D eigenvalue weighted by Gasteiger charge is 2.12. The van der Waals surface area contributed by atoms with E-state index in [2.05, 4.69) is 10.4 Å². The van der Waals surface area contributed by atoms with Gasteiger partial charge in [0.05, 0.1) is 12.7 Å². The molecule has 0 saturated heterocycles. The fourth-order valence-corrected chi connectivity index (χ4v) is 2.96. The van der Waals surface area contributed by atoms with E-state index < -0.39 is 0 Å². The molecule has 26 heavy (non-hydrogen) atoms. The minimum Gasteiger partial charge on any atom is -0.378 e. The van der Waals surface area contributed by atoms with Gasteiger partial charge in [-0.2, -0.15) is 5.10 Å². The van der Waals surface area contributed by atoms with Gasteiger partial charge in [0.1, 0.15) is 5.82 Å². The average Bonchev–Trinajstić information content (AvgIpc) is 3.04. The van der Waals surface area contributed by atoms with E-state index in [0.717, 1.165) is 11.3 Å². The van der Waals surface area contributed by atoms with Crippen LogP contribution in [0, 0.1) is 0 Å². The average molecular weight is 389 g/mol. The Morgan fingerprint density at radius 1 is 1.15 bits per heavy atom. The second-order valence-electron chi connectivity index (χ2n) is 6.01. The summed E-state index contributed by atoms with van der Waals surface area (Å²) < 4.78 is 1.68. The smallest absolute Gasteiger partial charge is 0.256 e. The standard InChI is InChI=1S/C19H18Cl2N4O/c1-24(2)16-5-3-4-13(10-16)19(26)23-18-8-9-22-25(18)12-14-6-7-15(20)11-17(14)21/h3-11H,12H2,1-2H3,(H,23,26). The van der Waals surface area contributed by atoms with Crippen LogP contribution >= 0.6 is 23.2 Å². The van der Waals surface area contributed by atoms with Crippen molar-refractivity contribution in [1.29, 1.82) is 0 Å². The lowest BCUT2D eigenvalue weighted by molar-refractivity contribution is 0.102. The minimum absolute atomic E-state index is 0.197. The van der Waals surface area contributed by atoms with Gasteiger partial charge >= 0.3 is 0 Å². The minimum atomic E-state index is -0.197. The van der Waals surface area contributed by atoms with Crippen molar-refractivity contribution in [1.82, 2.24) is 9.78 Å². The molecule has 1 amide bonds. The van der Waals surface area contributed by atoms with Crippen LogP contribution in [0.5, 0.6) is 0 Å². The number of benzene rings is 2. The lowest BCUT2D eigenvalue weighted by Gasteiger charge is -2.14. The molecule has 1 aromatic heterocycles. The number of hydrogen-bond donors (Lipinski definition) is 1. The van der Waals surface area contributed by atoms with Crippen molar-refractivity contribution in [2.24, 2.45) is 0 Å². The number of halogens is 2. The van der Waals surface area contributed by atoms with Crippen molar-refractivity contribution < 1.29 is 4.79 Å². The van der Waals surface area contributed by atoms with Gasteiger partial charge in [0.2, 0.25) is 0 Å². The summed E-state index contributed by atoms with van der Waals surface area (Å²) in [6.45, 7) is 0.427. The van der Waals surface area contributed by atoms with E-state index in [1.54, 1.807) is 35.1 Å². The fraction of sp³-hybridized carbons (Fsp3) is 0.158. The van der Waals surface area contributed by atoms with Gasteiger partial charge in [-0.05, 0) is 35.9 Å². The van der Waals surface area contributed by atoms with Gasteiger partial charge < -0.3 is 10.2 Å². The Morgan fingerprint density at radius 2 is 1.96 bits per heavy atom. The summed E-state index contributed by atoms with van der Waals surface area (Å²) in [5, 5.41) is 8.30. The van der Waals surface area contributed by atoms with Crippen LogP contribution in [0.25, 0.3) is 0 Å². The van der Waals surface area contributed by atoms with Crippen LogP contribution in [0.4, 0.5) is 11.5 Å². The topological polar surface area (TPSA) is 50.2 Å². The number of carbonyl (C=O) groups is 1. The summed E-state index contributed by atoms with van der Waals surface area (Å²) >= 11 is 12.2. The van der Waals surface area contributed by atoms with Crippen molar-refractivity contribution >= 4 is 40.6 Å². The van der Waals surface area contributed by atoms with Crippen LogP contribution in [0.15, 0.2) is 54.7 Å². The van der Waals surface area contributed by atoms with E-state index >= 15 is 0 Å². The molecule has 2 aromatic carbocycles. The SMILES string of the molecule is CN(C)c1cccc(C(=O)Nc2ccnn2Cc2ccc(Cl)cc2Cl)c1. The molecule has 0 saturated carbocycles. The molecule has 0 fully saturated rings. The Hall–Kier alpha value is -2.50. The number of nitrogens with one attached hydrogen (secondary N) is 1. The van der Waals surface area contributed by atoms with Crippen molar-refractivity contribution in [3.63, 3.8) is 0 Å². The second-order valence-corrected chi connectivity index (χ2v) is 6.85. The van der Waals surface area contributed by atoms with Gasteiger partial charge in [0, 0.05) is 41.5 Å². The Morgan fingerprint density at radius 3 is 2.69 bits per heavy atom. The number of rotatable bonds is 5. The Kier molecular flexibility index (Phi) is 5.49. The van der Waals surface area contributed by atoms with E-state index in [4.69, 9.17) is 23.2 Å². The van der Waals surface area contributed by atoms with E-state index in [0.29, 0.717) is 28.0 Å². The molecule has 1 heterocycles. The van der Waals surface area contributed by atoms with Gasteiger partial charge in [-0.1, -0.05) is 35.3 Å². The van der Waals surface area contributed by atoms with Crippen LogP contribution in [-0.2, 0) is 6.54 Å². The first-order valence-corrected chi connectivity index (χ1v) is 8.74. The van der Waals surface area contributed by atoms with Crippen molar-refractivity contribution in [3.8, 4) is 0 Å². The number of amides is 1. The maximum Gasteiger partial charge on any atom is 0.256 e. The van der Waals surface area contributed by atoms with E-state index in [1.807, 2.05) is 43.3 Å². The highest BCUT2D eigenvalue weighted by Crippen LogP contribution is 2.23. The summed E-state index contributed by atoms with van der Waals surface area (Å²) in [6.07, 6.45) is 1.63. The van der Waals surface area contributed by atoms with Crippen LogP contribution in [0.1, 0.15) is 15.9 Å². The van der Waals surface area contributed by atoms with E-state index in [9.17, 15) is 4.79 Å². The molecule has 3 aromatic rings. The molecule has 0 atom stereocenters. The summed E-state index contributed by atoms with van der Waals surface area (Å²) in [5.74, 6) is 0.397. The summed E-state index contributed by atoms with van der Waals surface area (Å²) in [4.78, 5) is 14.5. The summed E-state index contributed by atoms with van der Waals surface area (Å²) in [6, 6.07) is 14.5. The zero-order chi connectivity index (χ0) is 18.7. The molecule has 7 heteroatoms. The van der Waals surface area contributed by atoms with Gasteiger partial charge in [-0.15, -0.1) is 0 Å². The highest BCUT2D eigenvalue weighted by molar-refractivity contribution is 6.35. The third-order valence-electron chi connectivity index (χ3n) is 3.92. The first-order valence-electron chi connectivity index (χ1n) is 7.98.